The maximum absolute atomic E-state index is 12.8. The molecule has 6 nitrogen and oxygen atoms in total. The summed E-state index contributed by atoms with van der Waals surface area (Å²) in [5, 5.41) is 1.89. The second kappa shape index (κ2) is 6.55. The monoisotopic (exact) mass is 349 g/mol. The Morgan fingerprint density at radius 3 is 2.50 bits per heavy atom. The van der Waals surface area contributed by atoms with Gasteiger partial charge in [-0.1, -0.05) is 6.07 Å². The number of nitrogens with zero attached hydrogens (tertiary/aromatic N) is 3. The van der Waals surface area contributed by atoms with Crippen LogP contribution in [0, 0.1) is 5.41 Å². The summed E-state index contributed by atoms with van der Waals surface area (Å²) in [6.45, 7) is 6.89. The Balaban J connectivity index is 1.87. The van der Waals surface area contributed by atoms with Crippen LogP contribution in [0.5, 0.6) is 0 Å². The van der Waals surface area contributed by atoms with Crippen molar-refractivity contribution in [2.45, 2.75) is 20.3 Å². The van der Waals surface area contributed by atoms with Crippen LogP contribution >= 0.6 is 11.3 Å². The lowest BCUT2D eigenvalue weighted by molar-refractivity contribution is -0.130. The molecule has 3 heterocycles. The van der Waals surface area contributed by atoms with E-state index in [1.807, 2.05) is 34.2 Å². The van der Waals surface area contributed by atoms with Gasteiger partial charge in [-0.15, -0.1) is 11.3 Å². The Bertz CT molecular complexity index is 646. The molecule has 1 atom stereocenters. The van der Waals surface area contributed by atoms with Crippen LogP contribution < -0.4 is 0 Å². The minimum atomic E-state index is -0.359. The molecular weight excluding hydrogens is 326 g/mol. The molecule has 3 amide bonds. The van der Waals surface area contributed by atoms with Gasteiger partial charge in [-0.3, -0.25) is 14.4 Å². The molecule has 0 N–H and O–H groups in total. The van der Waals surface area contributed by atoms with E-state index in [2.05, 4.69) is 0 Å². The fraction of sp³-hybridized carbons (Fsp3) is 0.588. The van der Waals surface area contributed by atoms with E-state index in [0.29, 0.717) is 50.6 Å². The number of thiophene rings is 1. The molecule has 0 radical (unpaired) electrons. The zero-order chi connectivity index (χ0) is 17.3. The molecule has 3 rings (SSSR count). The second-order valence-corrected chi connectivity index (χ2v) is 7.68. The van der Waals surface area contributed by atoms with E-state index in [1.54, 1.807) is 11.8 Å². The molecule has 0 unspecified atom stereocenters. The molecule has 2 aliphatic rings. The summed E-state index contributed by atoms with van der Waals surface area (Å²) in [6, 6.07) is 3.69. The lowest BCUT2D eigenvalue weighted by atomic mass is 9.86. The average Bonchev–Trinajstić information content (AvgIpc) is 3.12. The quantitative estimate of drug-likeness (QED) is 0.808. The minimum Gasteiger partial charge on any atom is -0.342 e. The van der Waals surface area contributed by atoms with Crippen molar-refractivity contribution in [2.24, 2.45) is 5.41 Å². The van der Waals surface area contributed by atoms with Crippen LogP contribution in [0.2, 0.25) is 0 Å². The molecule has 24 heavy (non-hydrogen) atoms. The third kappa shape index (κ3) is 3.17. The first-order chi connectivity index (χ1) is 11.4. The highest BCUT2D eigenvalue weighted by atomic mass is 32.1. The van der Waals surface area contributed by atoms with E-state index in [0.717, 1.165) is 0 Å². The van der Waals surface area contributed by atoms with Crippen LogP contribution in [-0.2, 0) is 9.59 Å². The van der Waals surface area contributed by atoms with E-state index < -0.39 is 0 Å². The molecule has 2 fully saturated rings. The molecule has 2 saturated heterocycles. The van der Waals surface area contributed by atoms with Gasteiger partial charge in [-0.25, -0.2) is 0 Å². The summed E-state index contributed by atoms with van der Waals surface area (Å²) in [5.74, 6) is 0.116. The number of rotatable bonds is 2. The van der Waals surface area contributed by atoms with E-state index in [1.165, 1.54) is 11.3 Å². The smallest absolute Gasteiger partial charge is 0.263 e. The summed E-state index contributed by atoms with van der Waals surface area (Å²) in [4.78, 5) is 43.2. The zero-order valence-corrected chi connectivity index (χ0v) is 15.0. The predicted octanol–water partition coefficient (Wildman–Crippen LogP) is 1.29. The van der Waals surface area contributed by atoms with Gasteiger partial charge >= 0.3 is 0 Å². The first-order valence-electron chi connectivity index (χ1n) is 8.30. The van der Waals surface area contributed by atoms with E-state index in [9.17, 15) is 14.4 Å². The summed E-state index contributed by atoms with van der Waals surface area (Å²) in [5.41, 5.74) is -0.359. The molecule has 7 heteroatoms. The first kappa shape index (κ1) is 17.0. The maximum Gasteiger partial charge on any atom is 0.263 e. The maximum atomic E-state index is 12.8. The minimum absolute atomic E-state index is 0.00203. The standard InChI is InChI=1S/C17H23N3O3S/c1-3-18-10-17(9-15(18)22)11-19(13(2)21)6-7-20(12-17)16(23)14-5-4-8-24-14/h4-5,8H,3,6-7,9-12H2,1-2H3/t17-/m1/s1. The van der Waals surface area contributed by atoms with Gasteiger partial charge in [-0.05, 0) is 18.4 Å². The van der Waals surface area contributed by atoms with Gasteiger partial charge in [0.15, 0.2) is 0 Å². The molecule has 130 valence electrons. The molecule has 2 aliphatic heterocycles. The van der Waals surface area contributed by atoms with Gasteiger partial charge in [0, 0.05) is 58.0 Å². The van der Waals surface area contributed by atoms with E-state index in [4.69, 9.17) is 0 Å². The summed E-state index contributed by atoms with van der Waals surface area (Å²) in [6.07, 6.45) is 0.402. The SMILES string of the molecule is CCN1C[C@]2(CC1=O)CN(C(C)=O)CCN(C(=O)c1cccs1)C2. The van der Waals surface area contributed by atoms with Crippen molar-refractivity contribution in [3.05, 3.63) is 22.4 Å². The number of hydrogen-bond donors (Lipinski definition) is 0. The summed E-state index contributed by atoms with van der Waals surface area (Å²) < 4.78 is 0. The molecule has 0 bridgehead atoms. The molecule has 0 saturated carbocycles. The highest BCUT2D eigenvalue weighted by Gasteiger charge is 2.47. The van der Waals surface area contributed by atoms with Crippen LogP contribution in [0.4, 0.5) is 0 Å². The molecule has 1 spiro atoms. The van der Waals surface area contributed by atoms with Gasteiger partial charge in [-0.2, -0.15) is 0 Å². The highest BCUT2D eigenvalue weighted by Crippen LogP contribution is 2.35. The van der Waals surface area contributed by atoms with Crippen molar-refractivity contribution in [3.63, 3.8) is 0 Å². The van der Waals surface area contributed by atoms with Crippen LogP contribution in [-0.4, -0.2) is 71.7 Å². The van der Waals surface area contributed by atoms with E-state index in [-0.39, 0.29) is 23.1 Å². The van der Waals surface area contributed by atoms with Gasteiger partial charge < -0.3 is 14.7 Å². The van der Waals surface area contributed by atoms with Gasteiger partial charge in [0.05, 0.1) is 4.88 Å². The largest absolute Gasteiger partial charge is 0.342 e. The van der Waals surface area contributed by atoms with Crippen molar-refractivity contribution >= 4 is 29.1 Å². The highest BCUT2D eigenvalue weighted by molar-refractivity contribution is 7.12. The Hall–Kier alpha value is -1.89. The lowest BCUT2D eigenvalue weighted by Crippen LogP contribution is -2.45. The third-order valence-corrected chi connectivity index (χ3v) is 5.80. The third-order valence-electron chi connectivity index (χ3n) is 4.94. The van der Waals surface area contributed by atoms with Gasteiger partial charge in [0.25, 0.3) is 5.91 Å². The molecule has 0 aliphatic carbocycles. The first-order valence-corrected chi connectivity index (χ1v) is 9.18. The Morgan fingerprint density at radius 2 is 1.92 bits per heavy atom. The normalized spacial score (nSPS) is 24.6. The van der Waals surface area contributed by atoms with E-state index >= 15 is 0 Å². The van der Waals surface area contributed by atoms with Crippen molar-refractivity contribution < 1.29 is 14.4 Å². The molecule has 1 aromatic rings. The summed E-state index contributed by atoms with van der Waals surface area (Å²) in [7, 11) is 0. The van der Waals surface area contributed by atoms with Crippen molar-refractivity contribution in [3.8, 4) is 0 Å². The average molecular weight is 349 g/mol. The van der Waals surface area contributed by atoms with Crippen molar-refractivity contribution in [1.29, 1.82) is 0 Å². The Morgan fingerprint density at radius 1 is 1.21 bits per heavy atom. The van der Waals surface area contributed by atoms with Gasteiger partial charge in [0.2, 0.25) is 11.8 Å². The summed E-state index contributed by atoms with van der Waals surface area (Å²) >= 11 is 1.43. The molecule has 0 aromatic carbocycles. The number of carbonyl (C=O) groups excluding carboxylic acids is 3. The topological polar surface area (TPSA) is 60.9 Å². The molecular formula is C17H23N3O3S. The Kier molecular flexibility index (Phi) is 4.62. The number of amides is 3. The number of carbonyl (C=O) groups is 3. The van der Waals surface area contributed by atoms with Gasteiger partial charge in [0.1, 0.15) is 0 Å². The fourth-order valence-corrected chi connectivity index (χ4v) is 4.43. The van der Waals surface area contributed by atoms with Crippen LogP contribution in [0.25, 0.3) is 0 Å². The van der Waals surface area contributed by atoms with Crippen LogP contribution in [0.15, 0.2) is 17.5 Å². The lowest BCUT2D eigenvalue weighted by Gasteiger charge is -2.33. The molecule has 1 aromatic heterocycles. The van der Waals surface area contributed by atoms with Crippen LogP contribution in [0.1, 0.15) is 29.9 Å². The number of likely N-dealkylation sites (tertiary alicyclic amines) is 1. The second-order valence-electron chi connectivity index (χ2n) is 6.73. The number of hydrogen-bond acceptors (Lipinski definition) is 4. The predicted molar refractivity (Wildman–Crippen MR) is 91.8 cm³/mol. The Labute approximate surface area is 146 Å². The van der Waals surface area contributed by atoms with Crippen LogP contribution in [0.3, 0.4) is 0 Å². The fourth-order valence-electron chi connectivity index (χ4n) is 3.74. The van der Waals surface area contributed by atoms with Crippen molar-refractivity contribution in [1.82, 2.24) is 14.7 Å². The van der Waals surface area contributed by atoms with Crippen molar-refractivity contribution in [2.75, 3.05) is 39.3 Å². The zero-order valence-electron chi connectivity index (χ0n) is 14.2.